The Labute approximate surface area is 164 Å². The van der Waals surface area contributed by atoms with Gasteiger partial charge in [-0.05, 0) is 41.7 Å². The van der Waals surface area contributed by atoms with Gasteiger partial charge in [0.25, 0.3) is 5.91 Å². The van der Waals surface area contributed by atoms with Crippen LogP contribution in [0.2, 0.25) is 0 Å². The molecule has 28 heavy (non-hydrogen) atoms. The Morgan fingerprint density at radius 3 is 2.39 bits per heavy atom. The first kappa shape index (κ1) is 18.2. The summed E-state index contributed by atoms with van der Waals surface area (Å²) < 4.78 is 5.36. The molecule has 1 aliphatic carbocycles. The van der Waals surface area contributed by atoms with Crippen LogP contribution in [0, 0.1) is 0 Å². The molecule has 1 saturated carbocycles. The standard InChI is InChI=1S/C24H23NO3/c1-17(20-13-7-9-18-8-5-6-12-21(18)20)25-22(26)16-28-23(27)24(14-15-24)19-10-3-2-4-11-19/h2-13,17H,14-16H2,1H3,(H,25,26)/t17-/m0/s1. The largest absolute Gasteiger partial charge is 0.455 e. The molecule has 0 aliphatic heterocycles. The minimum atomic E-state index is -0.567. The second-order valence-electron chi connectivity index (χ2n) is 7.38. The van der Waals surface area contributed by atoms with Gasteiger partial charge >= 0.3 is 5.97 Å². The van der Waals surface area contributed by atoms with E-state index in [9.17, 15) is 9.59 Å². The Morgan fingerprint density at radius 1 is 0.964 bits per heavy atom. The maximum absolute atomic E-state index is 12.6. The molecule has 0 heterocycles. The summed E-state index contributed by atoms with van der Waals surface area (Å²) in [5, 5.41) is 5.18. The van der Waals surface area contributed by atoms with Crippen molar-refractivity contribution in [2.24, 2.45) is 0 Å². The number of ether oxygens (including phenoxy) is 1. The van der Waals surface area contributed by atoms with Crippen LogP contribution in [0.5, 0.6) is 0 Å². The van der Waals surface area contributed by atoms with Crippen molar-refractivity contribution in [3.63, 3.8) is 0 Å². The molecular formula is C24H23NO3. The lowest BCUT2D eigenvalue weighted by molar-refractivity contribution is -0.151. The number of rotatable bonds is 6. The van der Waals surface area contributed by atoms with Crippen molar-refractivity contribution >= 4 is 22.6 Å². The molecular weight excluding hydrogens is 350 g/mol. The lowest BCUT2D eigenvalue weighted by atomic mass is 9.96. The van der Waals surface area contributed by atoms with E-state index in [2.05, 4.69) is 5.32 Å². The first-order valence-electron chi connectivity index (χ1n) is 9.60. The lowest BCUT2D eigenvalue weighted by Gasteiger charge is -2.18. The Bertz CT molecular complexity index is 1000. The summed E-state index contributed by atoms with van der Waals surface area (Å²) in [5.41, 5.74) is 1.44. The second-order valence-corrected chi connectivity index (χ2v) is 7.38. The highest BCUT2D eigenvalue weighted by atomic mass is 16.5. The van der Waals surface area contributed by atoms with Crippen LogP contribution in [0.4, 0.5) is 0 Å². The average molecular weight is 373 g/mol. The molecule has 1 aliphatic rings. The molecule has 4 nitrogen and oxygen atoms in total. The van der Waals surface area contributed by atoms with E-state index in [0.29, 0.717) is 0 Å². The number of fused-ring (bicyclic) bond motifs is 1. The highest BCUT2D eigenvalue weighted by molar-refractivity contribution is 5.90. The molecule has 0 bridgehead atoms. The van der Waals surface area contributed by atoms with Gasteiger partial charge < -0.3 is 10.1 Å². The van der Waals surface area contributed by atoms with Gasteiger partial charge in [0, 0.05) is 0 Å². The van der Waals surface area contributed by atoms with Crippen molar-refractivity contribution in [3.8, 4) is 0 Å². The van der Waals surface area contributed by atoms with Crippen LogP contribution in [-0.2, 0) is 19.7 Å². The monoisotopic (exact) mass is 373 g/mol. The molecule has 0 aromatic heterocycles. The predicted molar refractivity (Wildman–Crippen MR) is 109 cm³/mol. The van der Waals surface area contributed by atoms with Crippen molar-refractivity contribution in [3.05, 3.63) is 83.9 Å². The minimum Gasteiger partial charge on any atom is -0.455 e. The van der Waals surface area contributed by atoms with Crippen LogP contribution in [0.25, 0.3) is 10.8 Å². The molecule has 1 N–H and O–H groups in total. The Balaban J connectivity index is 1.38. The van der Waals surface area contributed by atoms with E-state index >= 15 is 0 Å². The van der Waals surface area contributed by atoms with Crippen molar-refractivity contribution in [2.45, 2.75) is 31.2 Å². The smallest absolute Gasteiger partial charge is 0.317 e. The van der Waals surface area contributed by atoms with E-state index in [1.165, 1.54) is 0 Å². The molecule has 1 amide bonds. The molecule has 1 fully saturated rings. The fraction of sp³-hybridized carbons (Fsp3) is 0.250. The van der Waals surface area contributed by atoms with Crippen molar-refractivity contribution in [1.29, 1.82) is 0 Å². The Hall–Kier alpha value is -3.14. The molecule has 0 radical (unpaired) electrons. The van der Waals surface area contributed by atoms with Crippen LogP contribution in [0.1, 0.15) is 36.9 Å². The average Bonchev–Trinajstić information content (AvgIpc) is 3.54. The van der Waals surface area contributed by atoms with Gasteiger partial charge in [0.05, 0.1) is 11.5 Å². The summed E-state index contributed by atoms with van der Waals surface area (Å²) in [7, 11) is 0. The SMILES string of the molecule is C[C@H](NC(=O)COC(=O)C1(c2ccccc2)CC1)c1cccc2ccccc12. The third kappa shape index (κ3) is 3.50. The van der Waals surface area contributed by atoms with Gasteiger partial charge in [0.2, 0.25) is 0 Å². The summed E-state index contributed by atoms with van der Waals surface area (Å²) in [4.78, 5) is 24.9. The minimum absolute atomic E-state index is 0.179. The summed E-state index contributed by atoms with van der Waals surface area (Å²) in [5.74, 6) is -0.607. The predicted octanol–water partition coefficient (Wildman–Crippen LogP) is 4.29. The summed E-state index contributed by atoms with van der Waals surface area (Å²) in [6.07, 6.45) is 1.54. The maximum Gasteiger partial charge on any atom is 0.317 e. The first-order chi connectivity index (χ1) is 13.6. The van der Waals surface area contributed by atoms with Crippen LogP contribution >= 0.6 is 0 Å². The number of nitrogens with one attached hydrogen (secondary N) is 1. The highest BCUT2D eigenvalue weighted by Gasteiger charge is 2.52. The van der Waals surface area contributed by atoms with E-state index in [0.717, 1.165) is 34.7 Å². The van der Waals surface area contributed by atoms with Crippen molar-refractivity contribution in [1.82, 2.24) is 5.32 Å². The number of esters is 1. The number of hydrogen-bond donors (Lipinski definition) is 1. The van der Waals surface area contributed by atoms with E-state index in [1.54, 1.807) is 0 Å². The number of carbonyl (C=O) groups excluding carboxylic acids is 2. The van der Waals surface area contributed by atoms with Crippen LogP contribution in [0.3, 0.4) is 0 Å². The number of amides is 1. The van der Waals surface area contributed by atoms with E-state index < -0.39 is 5.41 Å². The van der Waals surface area contributed by atoms with Crippen molar-refractivity contribution < 1.29 is 14.3 Å². The van der Waals surface area contributed by atoms with Crippen LogP contribution < -0.4 is 5.32 Å². The normalized spacial score (nSPS) is 15.6. The lowest BCUT2D eigenvalue weighted by Crippen LogP contribution is -2.33. The highest BCUT2D eigenvalue weighted by Crippen LogP contribution is 2.49. The zero-order valence-electron chi connectivity index (χ0n) is 15.9. The van der Waals surface area contributed by atoms with Crippen molar-refractivity contribution in [2.75, 3.05) is 6.61 Å². The van der Waals surface area contributed by atoms with Gasteiger partial charge in [-0.1, -0.05) is 72.8 Å². The van der Waals surface area contributed by atoms with Gasteiger partial charge in [-0.25, -0.2) is 0 Å². The third-order valence-electron chi connectivity index (χ3n) is 5.47. The van der Waals surface area contributed by atoms with E-state index in [4.69, 9.17) is 4.74 Å². The Morgan fingerprint density at radius 2 is 1.64 bits per heavy atom. The molecule has 3 aromatic rings. The maximum atomic E-state index is 12.6. The summed E-state index contributed by atoms with van der Waals surface area (Å²) in [6, 6.07) is 23.6. The number of carbonyl (C=O) groups is 2. The van der Waals surface area contributed by atoms with Gasteiger partial charge in [0.15, 0.2) is 6.61 Å². The molecule has 4 rings (SSSR count). The first-order valence-corrected chi connectivity index (χ1v) is 9.60. The van der Waals surface area contributed by atoms with Gasteiger partial charge in [0.1, 0.15) is 0 Å². The number of hydrogen-bond acceptors (Lipinski definition) is 3. The summed E-state index contributed by atoms with van der Waals surface area (Å²) >= 11 is 0. The van der Waals surface area contributed by atoms with E-state index in [1.807, 2.05) is 79.7 Å². The molecule has 1 atom stereocenters. The van der Waals surface area contributed by atoms with Gasteiger partial charge in [-0.2, -0.15) is 0 Å². The second kappa shape index (κ2) is 7.47. The Kier molecular flexibility index (Phi) is 4.86. The number of benzene rings is 3. The van der Waals surface area contributed by atoms with Crippen LogP contribution in [0.15, 0.2) is 72.8 Å². The third-order valence-corrected chi connectivity index (χ3v) is 5.47. The molecule has 3 aromatic carbocycles. The van der Waals surface area contributed by atoms with Gasteiger partial charge in [-0.15, -0.1) is 0 Å². The zero-order valence-corrected chi connectivity index (χ0v) is 15.9. The quantitative estimate of drug-likeness (QED) is 0.656. The molecule has 0 saturated heterocycles. The molecule has 142 valence electrons. The molecule has 0 spiro atoms. The van der Waals surface area contributed by atoms with Gasteiger partial charge in [-0.3, -0.25) is 9.59 Å². The van der Waals surface area contributed by atoms with E-state index in [-0.39, 0.29) is 24.5 Å². The zero-order chi connectivity index (χ0) is 19.6. The molecule has 0 unspecified atom stereocenters. The topological polar surface area (TPSA) is 55.4 Å². The molecule has 4 heteroatoms. The van der Waals surface area contributed by atoms with Crippen LogP contribution in [-0.4, -0.2) is 18.5 Å². The summed E-state index contributed by atoms with van der Waals surface area (Å²) in [6.45, 7) is 1.68. The fourth-order valence-corrected chi connectivity index (χ4v) is 3.75. The fourth-order valence-electron chi connectivity index (χ4n) is 3.75.